The summed E-state index contributed by atoms with van der Waals surface area (Å²) in [6.45, 7) is 8.25. The average Bonchev–Trinajstić information content (AvgIpc) is 2.57. The first kappa shape index (κ1) is 21.1. The Morgan fingerprint density at radius 2 is 1.25 bits per heavy atom. The van der Waals surface area contributed by atoms with E-state index in [1.54, 1.807) is 6.92 Å². The highest BCUT2D eigenvalue weighted by Gasteiger charge is 1.92. The molecule has 0 atom stereocenters. The summed E-state index contributed by atoms with van der Waals surface area (Å²) in [5, 5.41) is 7.89. The maximum atomic E-state index is 9.82. The molecule has 4 heteroatoms. The van der Waals surface area contributed by atoms with E-state index in [1.165, 1.54) is 25.0 Å². The van der Waals surface area contributed by atoms with Crippen LogP contribution in [0.4, 0.5) is 0 Å². The second-order valence-corrected chi connectivity index (χ2v) is 4.74. The molecule has 0 saturated carbocycles. The molecule has 0 aromatic heterocycles. The first-order valence-corrected chi connectivity index (χ1v) is 7.51. The van der Waals surface area contributed by atoms with E-state index in [0.29, 0.717) is 6.61 Å². The topological polar surface area (TPSA) is 63.6 Å². The Bertz CT molecular complexity index is 569. The minimum atomic E-state index is -0.935. The van der Waals surface area contributed by atoms with Gasteiger partial charge in [-0.2, -0.15) is 0 Å². The molecule has 1 N–H and O–H groups in total. The summed E-state index contributed by atoms with van der Waals surface area (Å²) in [5.41, 5.74) is 2.73. The standard InChI is InChI=1S/C12H10.C4H8O2.C4H6O2/c1-3-7-11(8-4-1)12-9-5-2-6-10-12;1-3-6-4(2)5;1-3(2)4(5)6/h1-10H;3H2,1-2H3;1H2,2H3,(H,5,6). The third kappa shape index (κ3) is 10.8. The summed E-state index contributed by atoms with van der Waals surface area (Å²) in [7, 11) is 0. The molecular formula is C20H24O4. The zero-order valence-electron chi connectivity index (χ0n) is 14.4. The molecule has 0 heterocycles. The number of carbonyl (C=O) groups is 2. The molecule has 0 aliphatic carbocycles. The molecule has 0 radical (unpaired) electrons. The van der Waals surface area contributed by atoms with Gasteiger partial charge in [0.1, 0.15) is 0 Å². The Morgan fingerprint density at radius 1 is 0.917 bits per heavy atom. The molecule has 0 saturated heterocycles. The van der Waals surface area contributed by atoms with E-state index in [4.69, 9.17) is 5.11 Å². The second-order valence-electron chi connectivity index (χ2n) is 4.74. The number of benzene rings is 2. The van der Waals surface area contributed by atoms with Crippen molar-refractivity contribution in [2.75, 3.05) is 6.61 Å². The van der Waals surface area contributed by atoms with Crippen LogP contribution in [0.1, 0.15) is 20.8 Å². The zero-order chi connectivity index (χ0) is 18.4. The molecule has 0 unspecified atom stereocenters. The van der Waals surface area contributed by atoms with Crippen LogP contribution < -0.4 is 0 Å². The second kappa shape index (κ2) is 12.6. The summed E-state index contributed by atoms with van der Waals surface area (Å²) in [6.07, 6.45) is 0. The molecule has 4 nitrogen and oxygen atoms in total. The summed E-state index contributed by atoms with van der Waals surface area (Å²) in [6, 6.07) is 20.8. The van der Waals surface area contributed by atoms with Crippen LogP contribution >= 0.6 is 0 Å². The fourth-order valence-electron chi connectivity index (χ4n) is 1.46. The van der Waals surface area contributed by atoms with Crippen LogP contribution in [-0.2, 0) is 14.3 Å². The van der Waals surface area contributed by atoms with Crippen molar-refractivity contribution in [1.29, 1.82) is 0 Å². The number of esters is 1. The third-order valence-electron chi connectivity index (χ3n) is 2.59. The summed E-state index contributed by atoms with van der Waals surface area (Å²) < 4.78 is 4.40. The van der Waals surface area contributed by atoms with Crippen LogP contribution in [0, 0.1) is 0 Å². The van der Waals surface area contributed by atoms with E-state index in [-0.39, 0.29) is 11.5 Å². The summed E-state index contributed by atoms with van der Waals surface area (Å²) >= 11 is 0. The quantitative estimate of drug-likeness (QED) is 0.662. The molecule has 24 heavy (non-hydrogen) atoms. The fraction of sp³-hybridized carbons (Fsp3) is 0.200. The minimum absolute atomic E-state index is 0.176. The maximum absolute atomic E-state index is 9.82. The molecule has 0 aliphatic heterocycles. The largest absolute Gasteiger partial charge is 0.478 e. The number of hydrogen-bond donors (Lipinski definition) is 1. The molecule has 2 aromatic rings. The van der Waals surface area contributed by atoms with Gasteiger partial charge in [0.15, 0.2) is 0 Å². The zero-order valence-corrected chi connectivity index (χ0v) is 14.4. The first-order valence-electron chi connectivity index (χ1n) is 7.51. The van der Waals surface area contributed by atoms with Crippen molar-refractivity contribution in [3.8, 4) is 11.1 Å². The van der Waals surface area contributed by atoms with Crippen LogP contribution in [0.2, 0.25) is 0 Å². The van der Waals surface area contributed by atoms with Gasteiger partial charge in [-0.05, 0) is 25.0 Å². The van der Waals surface area contributed by atoms with Crippen molar-refractivity contribution < 1.29 is 19.4 Å². The van der Waals surface area contributed by atoms with Gasteiger partial charge in [-0.15, -0.1) is 0 Å². The lowest BCUT2D eigenvalue weighted by molar-refractivity contribution is -0.140. The van der Waals surface area contributed by atoms with Gasteiger partial charge < -0.3 is 9.84 Å². The number of ether oxygens (including phenoxy) is 1. The van der Waals surface area contributed by atoms with Crippen molar-refractivity contribution in [3.63, 3.8) is 0 Å². The molecule has 0 bridgehead atoms. The van der Waals surface area contributed by atoms with Gasteiger partial charge in [0.2, 0.25) is 0 Å². The van der Waals surface area contributed by atoms with Gasteiger partial charge in [-0.1, -0.05) is 67.2 Å². The Kier molecular flexibility index (Phi) is 11.1. The molecule has 0 fully saturated rings. The highest BCUT2D eigenvalue weighted by Crippen LogP contribution is 2.17. The highest BCUT2D eigenvalue weighted by atomic mass is 16.5. The maximum Gasteiger partial charge on any atom is 0.330 e. The average molecular weight is 328 g/mol. The van der Waals surface area contributed by atoms with Crippen molar-refractivity contribution in [1.82, 2.24) is 0 Å². The molecule has 0 aliphatic rings. The number of carboxylic acids is 1. The van der Waals surface area contributed by atoms with Crippen LogP contribution in [-0.4, -0.2) is 23.7 Å². The van der Waals surface area contributed by atoms with E-state index in [2.05, 4.69) is 59.8 Å². The summed E-state index contributed by atoms with van der Waals surface area (Å²) in [4.78, 5) is 19.4. The van der Waals surface area contributed by atoms with E-state index in [1.807, 2.05) is 12.1 Å². The monoisotopic (exact) mass is 328 g/mol. The van der Waals surface area contributed by atoms with Crippen molar-refractivity contribution in [2.45, 2.75) is 20.8 Å². The van der Waals surface area contributed by atoms with E-state index >= 15 is 0 Å². The minimum Gasteiger partial charge on any atom is -0.478 e. The van der Waals surface area contributed by atoms with Crippen molar-refractivity contribution in [3.05, 3.63) is 72.8 Å². The Balaban J connectivity index is 0.000000377. The molecule has 0 amide bonds. The Hall–Kier alpha value is -2.88. The van der Waals surface area contributed by atoms with Gasteiger partial charge >= 0.3 is 11.9 Å². The lowest BCUT2D eigenvalue weighted by Crippen LogP contribution is -1.95. The lowest BCUT2D eigenvalue weighted by Gasteiger charge is -1.98. The number of hydrogen-bond acceptors (Lipinski definition) is 3. The molecular weight excluding hydrogens is 304 g/mol. The van der Waals surface area contributed by atoms with E-state index < -0.39 is 5.97 Å². The number of carboxylic acid groups (broad SMARTS) is 1. The van der Waals surface area contributed by atoms with Gasteiger partial charge in [0.05, 0.1) is 6.61 Å². The predicted molar refractivity (Wildman–Crippen MR) is 96.6 cm³/mol. The van der Waals surface area contributed by atoms with Crippen LogP contribution in [0.15, 0.2) is 72.8 Å². The highest BCUT2D eigenvalue weighted by molar-refractivity contribution is 5.84. The third-order valence-corrected chi connectivity index (χ3v) is 2.59. The Morgan fingerprint density at radius 3 is 1.42 bits per heavy atom. The van der Waals surface area contributed by atoms with Gasteiger partial charge in [0.25, 0.3) is 0 Å². The van der Waals surface area contributed by atoms with Crippen molar-refractivity contribution >= 4 is 11.9 Å². The van der Waals surface area contributed by atoms with E-state index in [0.717, 1.165) is 0 Å². The lowest BCUT2D eigenvalue weighted by atomic mass is 10.1. The number of aliphatic carboxylic acids is 1. The van der Waals surface area contributed by atoms with Crippen molar-refractivity contribution in [2.24, 2.45) is 0 Å². The Labute approximate surface area is 143 Å². The molecule has 2 aromatic carbocycles. The first-order chi connectivity index (χ1) is 11.4. The number of rotatable bonds is 3. The SMILES string of the molecule is C=C(C)C(=O)O.CCOC(C)=O.c1ccc(-c2ccccc2)cc1. The molecule has 2 rings (SSSR count). The van der Waals surface area contributed by atoms with Crippen LogP contribution in [0.25, 0.3) is 11.1 Å². The molecule has 128 valence electrons. The van der Waals surface area contributed by atoms with Crippen LogP contribution in [0.3, 0.4) is 0 Å². The van der Waals surface area contributed by atoms with Gasteiger partial charge in [0, 0.05) is 12.5 Å². The summed E-state index contributed by atoms with van der Waals surface area (Å²) in [5.74, 6) is -1.15. The number of carbonyl (C=O) groups excluding carboxylic acids is 1. The fourth-order valence-corrected chi connectivity index (χ4v) is 1.46. The van der Waals surface area contributed by atoms with Crippen LogP contribution in [0.5, 0.6) is 0 Å². The smallest absolute Gasteiger partial charge is 0.330 e. The normalized spacial score (nSPS) is 8.62. The van der Waals surface area contributed by atoms with Gasteiger partial charge in [-0.25, -0.2) is 4.79 Å². The predicted octanol–water partition coefficient (Wildman–Crippen LogP) is 4.57. The van der Waals surface area contributed by atoms with Gasteiger partial charge in [-0.3, -0.25) is 4.79 Å². The molecule has 0 spiro atoms. The van der Waals surface area contributed by atoms with E-state index in [9.17, 15) is 9.59 Å².